The fraction of sp³-hybridized carbons (Fsp3) is 0.312. The van der Waals surface area contributed by atoms with Crippen molar-refractivity contribution in [3.63, 3.8) is 0 Å². The Balaban J connectivity index is 1.94. The van der Waals surface area contributed by atoms with E-state index in [1.807, 2.05) is 31.3 Å². The molecule has 122 valence electrons. The van der Waals surface area contributed by atoms with Gasteiger partial charge in [0, 0.05) is 51.7 Å². The van der Waals surface area contributed by atoms with Crippen LogP contribution < -0.4 is 5.32 Å². The number of aryl methyl sites for hydroxylation is 1. The van der Waals surface area contributed by atoms with Crippen LogP contribution in [0.2, 0.25) is 0 Å². The topological polar surface area (TPSA) is 75.7 Å². The average molecular weight is 315 g/mol. The van der Waals surface area contributed by atoms with E-state index in [4.69, 9.17) is 0 Å². The maximum atomic E-state index is 10.7. The highest BCUT2D eigenvalue weighted by Crippen LogP contribution is 2.12. The molecule has 1 aromatic heterocycles. The van der Waals surface area contributed by atoms with Gasteiger partial charge in [0.1, 0.15) is 0 Å². The third-order valence-electron chi connectivity index (χ3n) is 3.62. The number of non-ortho nitro benzene ring substituents is 1. The van der Waals surface area contributed by atoms with E-state index in [1.54, 1.807) is 19.2 Å². The molecule has 0 saturated carbocycles. The van der Waals surface area contributed by atoms with Crippen molar-refractivity contribution < 1.29 is 4.92 Å². The minimum atomic E-state index is -0.399. The van der Waals surface area contributed by atoms with Gasteiger partial charge in [-0.25, -0.2) is 0 Å². The Bertz CT molecular complexity index is 691. The summed E-state index contributed by atoms with van der Waals surface area (Å²) in [7, 11) is 5.72. The molecular formula is C16H21N5O2. The number of nitro benzene ring substituents is 1. The molecular weight excluding hydrogens is 294 g/mol. The third kappa shape index (κ3) is 4.32. The molecule has 2 aromatic rings. The Kier molecular flexibility index (Phi) is 5.35. The summed E-state index contributed by atoms with van der Waals surface area (Å²) in [5.41, 5.74) is 2.24. The normalized spacial score (nSPS) is 11.3. The van der Waals surface area contributed by atoms with Crippen molar-refractivity contribution in [1.29, 1.82) is 0 Å². The second kappa shape index (κ2) is 7.44. The number of rotatable bonds is 5. The molecule has 0 aliphatic carbocycles. The highest BCUT2D eigenvalue weighted by Gasteiger charge is 2.09. The summed E-state index contributed by atoms with van der Waals surface area (Å²) >= 11 is 0. The molecule has 0 aliphatic rings. The lowest BCUT2D eigenvalue weighted by molar-refractivity contribution is -0.384. The zero-order chi connectivity index (χ0) is 16.8. The first kappa shape index (κ1) is 16.5. The molecule has 2 rings (SSSR count). The van der Waals surface area contributed by atoms with Crippen LogP contribution in [0.1, 0.15) is 11.3 Å². The highest BCUT2D eigenvalue weighted by molar-refractivity contribution is 5.79. The fourth-order valence-corrected chi connectivity index (χ4v) is 2.28. The smallest absolute Gasteiger partial charge is 0.269 e. The monoisotopic (exact) mass is 315 g/mol. The van der Waals surface area contributed by atoms with Gasteiger partial charge in [-0.2, -0.15) is 0 Å². The first-order valence-electron chi connectivity index (χ1n) is 7.26. The third-order valence-corrected chi connectivity index (χ3v) is 3.62. The molecule has 0 saturated heterocycles. The Hall–Kier alpha value is -2.83. The lowest BCUT2D eigenvalue weighted by Gasteiger charge is -2.22. The minimum Gasteiger partial charge on any atom is -0.353 e. The first-order valence-corrected chi connectivity index (χ1v) is 7.26. The predicted octanol–water partition coefficient (Wildman–Crippen LogP) is 2.14. The molecule has 1 N–H and O–H groups in total. The Labute approximate surface area is 135 Å². The van der Waals surface area contributed by atoms with Crippen LogP contribution in [0.4, 0.5) is 5.69 Å². The number of nitrogens with zero attached hydrogens (tertiary/aromatic N) is 4. The van der Waals surface area contributed by atoms with Gasteiger partial charge in [0.2, 0.25) is 0 Å². The fourth-order valence-electron chi connectivity index (χ4n) is 2.28. The molecule has 0 unspecified atom stereocenters. The average Bonchev–Trinajstić information content (AvgIpc) is 2.93. The van der Waals surface area contributed by atoms with Gasteiger partial charge in [-0.3, -0.25) is 15.1 Å². The zero-order valence-corrected chi connectivity index (χ0v) is 13.6. The molecule has 0 atom stereocenters. The van der Waals surface area contributed by atoms with E-state index in [-0.39, 0.29) is 5.69 Å². The highest BCUT2D eigenvalue weighted by atomic mass is 16.6. The van der Waals surface area contributed by atoms with Gasteiger partial charge in [-0.05, 0) is 17.7 Å². The quantitative estimate of drug-likeness (QED) is 0.397. The van der Waals surface area contributed by atoms with Crippen LogP contribution in [0.5, 0.6) is 0 Å². The van der Waals surface area contributed by atoms with Crippen LogP contribution in [-0.4, -0.2) is 34.4 Å². The van der Waals surface area contributed by atoms with Gasteiger partial charge in [0.05, 0.1) is 11.5 Å². The SMILES string of the molecule is CN=C(NCc1ccc([N+](=O)[O-])cc1)N(C)Cc1cccn1C. The van der Waals surface area contributed by atoms with Gasteiger partial charge in [0.25, 0.3) is 5.69 Å². The number of hydrogen-bond donors (Lipinski definition) is 1. The standard InChI is InChI=1S/C16H21N5O2/c1-17-16(20(3)12-15-5-4-10-19(15)2)18-11-13-6-8-14(9-7-13)21(22)23/h4-10H,11-12H2,1-3H3,(H,17,18). The van der Waals surface area contributed by atoms with E-state index in [0.29, 0.717) is 6.54 Å². The summed E-state index contributed by atoms with van der Waals surface area (Å²) < 4.78 is 2.07. The minimum absolute atomic E-state index is 0.0963. The largest absolute Gasteiger partial charge is 0.353 e. The molecule has 0 aliphatic heterocycles. The van der Waals surface area contributed by atoms with Gasteiger partial charge in [-0.1, -0.05) is 12.1 Å². The van der Waals surface area contributed by atoms with E-state index in [9.17, 15) is 10.1 Å². The van der Waals surface area contributed by atoms with Crippen molar-refractivity contribution >= 4 is 11.6 Å². The Morgan fingerprint density at radius 3 is 2.57 bits per heavy atom. The molecule has 23 heavy (non-hydrogen) atoms. The van der Waals surface area contributed by atoms with Gasteiger partial charge in [0.15, 0.2) is 5.96 Å². The number of nitrogens with one attached hydrogen (secondary N) is 1. The number of nitro groups is 1. The number of aromatic nitrogens is 1. The summed E-state index contributed by atoms with van der Waals surface area (Å²) in [5.74, 6) is 0.768. The van der Waals surface area contributed by atoms with Crippen LogP contribution >= 0.6 is 0 Å². The molecule has 7 nitrogen and oxygen atoms in total. The van der Waals surface area contributed by atoms with Crippen LogP contribution in [0, 0.1) is 10.1 Å². The number of benzene rings is 1. The molecule has 1 heterocycles. The summed E-state index contributed by atoms with van der Waals surface area (Å²) in [4.78, 5) is 16.6. The molecule has 7 heteroatoms. The number of guanidine groups is 1. The first-order chi connectivity index (χ1) is 11.0. The van der Waals surface area contributed by atoms with Crippen molar-refractivity contribution in [3.8, 4) is 0 Å². The van der Waals surface area contributed by atoms with E-state index < -0.39 is 4.92 Å². The number of aliphatic imine (C=N–C) groups is 1. The molecule has 0 fully saturated rings. The van der Waals surface area contributed by atoms with Crippen LogP contribution in [0.3, 0.4) is 0 Å². The predicted molar refractivity (Wildman–Crippen MR) is 90.2 cm³/mol. The molecule has 1 aromatic carbocycles. The summed E-state index contributed by atoms with van der Waals surface area (Å²) in [6.07, 6.45) is 2.01. The molecule has 0 spiro atoms. The van der Waals surface area contributed by atoms with Crippen molar-refractivity contribution in [3.05, 3.63) is 64.0 Å². The van der Waals surface area contributed by atoms with Crippen LogP contribution in [0.15, 0.2) is 47.6 Å². The maximum Gasteiger partial charge on any atom is 0.269 e. The molecule has 0 bridgehead atoms. The van der Waals surface area contributed by atoms with Crippen molar-refractivity contribution in [2.24, 2.45) is 12.0 Å². The van der Waals surface area contributed by atoms with E-state index in [2.05, 4.69) is 20.9 Å². The molecule has 0 radical (unpaired) electrons. The lowest BCUT2D eigenvalue weighted by Crippen LogP contribution is -2.38. The second-order valence-corrected chi connectivity index (χ2v) is 5.29. The van der Waals surface area contributed by atoms with Crippen molar-refractivity contribution in [2.45, 2.75) is 13.1 Å². The lowest BCUT2D eigenvalue weighted by atomic mass is 10.2. The van der Waals surface area contributed by atoms with Crippen molar-refractivity contribution in [1.82, 2.24) is 14.8 Å². The Morgan fingerprint density at radius 1 is 1.35 bits per heavy atom. The zero-order valence-electron chi connectivity index (χ0n) is 13.6. The van der Waals surface area contributed by atoms with Crippen LogP contribution in [0.25, 0.3) is 0 Å². The summed E-state index contributed by atoms with van der Waals surface area (Å²) in [6.45, 7) is 1.30. The van der Waals surface area contributed by atoms with E-state index >= 15 is 0 Å². The van der Waals surface area contributed by atoms with Gasteiger partial charge < -0.3 is 14.8 Å². The van der Waals surface area contributed by atoms with Gasteiger partial charge in [-0.15, -0.1) is 0 Å². The van der Waals surface area contributed by atoms with Gasteiger partial charge >= 0.3 is 0 Å². The van der Waals surface area contributed by atoms with Crippen LogP contribution in [-0.2, 0) is 20.1 Å². The number of hydrogen-bond acceptors (Lipinski definition) is 3. The summed E-state index contributed by atoms with van der Waals surface area (Å²) in [5, 5.41) is 13.9. The van der Waals surface area contributed by atoms with E-state index in [1.165, 1.54) is 17.8 Å². The second-order valence-electron chi connectivity index (χ2n) is 5.29. The van der Waals surface area contributed by atoms with Crippen molar-refractivity contribution in [2.75, 3.05) is 14.1 Å². The Morgan fingerprint density at radius 2 is 2.04 bits per heavy atom. The molecule has 0 amide bonds. The van der Waals surface area contributed by atoms with E-state index in [0.717, 1.165) is 18.1 Å². The summed E-state index contributed by atoms with van der Waals surface area (Å²) in [6, 6.07) is 10.6. The maximum absolute atomic E-state index is 10.7.